The molecule has 0 unspecified atom stereocenters. The summed E-state index contributed by atoms with van der Waals surface area (Å²) in [5, 5.41) is 16.3. The SMILES string of the molecule is CCn1ncc2c(NC3CCS(=O)(=O)CC3)c(C3=NOC4(CCC(C(=O)NC)CC4)C3)cnc21. The molecule has 4 heterocycles. The van der Waals surface area contributed by atoms with E-state index in [9.17, 15) is 13.2 Å². The minimum absolute atomic E-state index is 0.0287. The smallest absolute Gasteiger partial charge is 0.222 e. The van der Waals surface area contributed by atoms with Crippen LogP contribution in [0.1, 0.15) is 57.4 Å². The number of amides is 1. The molecule has 10 nitrogen and oxygen atoms in total. The van der Waals surface area contributed by atoms with Crippen molar-refractivity contribution in [3.63, 3.8) is 0 Å². The number of carbonyl (C=O) groups excluding carboxylic acids is 1. The second-order valence-electron chi connectivity index (χ2n) is 9.69. The van der Waals surface area contributed by atoms with Crippen LogP contribution < -0.4 is 10.6 Å². The summed E-state index contributed by atoms with van der Waals surface area (Å²) in [5.41, 5.74) is 3.02. The topological polar surface area (TPSA) is 128 Å². The Labute approximate surface area is 199 Å². The third-order valence-corrected chi connectivity index (χ3v) is 9.25. The summed E-state index contributed by atoms with van der Waals surface area (Å²) < 4.78 is 25.7. The Hall–Kier alpha value is -2.69. The van der Waals surface area contributed by atoms with E-state index >= 15 is 0 Å². The van der Waals surface area contributed by atoms with Gasteiger partial charge in [-0.1, -0.05) is 5.16 Å². The summed E-state index contributed by atoms with van der Waals surface area (Å²) in [6.07, 6.45) is 8.58. The van der Waals surface area contributed by atoms with E-state index < -0.39 is 9.84 Å². The first-order chi connectivity index (χ1) is 16.3. The average molecular weight is 489 g/mol. The summed E-state index contributed by atoms with van der Waals surface area (Å²) in [5.74, 6) is 0.517. The summed E-state index contributed by atoms with van der Waals surface area (Å²) in [6.45, 7) is 2.73. The van der Waals surface area contributed by atoms with E-state index in [1.807, 2.05) is 24.0 Å². The Kier molecular flexibility index (Phi) is 5.99. The largest absolute Gasteiger partial charge is 0.389 e. The maximum atomic E-state index is 12.0. The van der Waals surface area contributed by atoms with Gasteiger partial charge in [0.05, 0.1) is 34.5 Å². The second-order valence-corrected chi connectivity index (χ2v) is 12.0. The first-order valence-corrected chi connectivity index (χ1v) is 13.9. The van der Waals surface area contributed by atoms with Crippen LogP contribution in [0.2, 0.25) is 0 Å². The van der Waals surface area contributed by atoms with Crippen LogP contribution in [0.25, 0.3) is 11.0 Å². The van der Waals surface area contributed by atoms with Crippen LogP contribution in [0, 0.1) is 5.92 Å². The summed E-state index contributed by atoms with van der Waals surface area (Å²) >= 11 is 0. The highest BCUT2D eigenvalue weighted by Crippen LogP contribution is 2.43. The van der Waals surface area contributed by atoms with Crippen LogP contribution in [-0.2, 0) is 26.0 Å². The molecule has 2 aliphatic heterocycles. The molecule has 0 atom stereocenters. The Morgan fingerprint density at radius 3 is 2.62 bits per heavy atom. The van der Waals surface area contributed by atoms with Gasteiger partial charge >= 0.3 is 0 Å². The molecule has 1 aliphatic carbocycles. The predicted octanol–water partition coefficient (Wildman–Crippen LogP) is 2.24. The number of anilines is 1. The number of oxime groups is 1. The van der Waals surface area contributed by atoms with Crippen LogP contribution in [0.4, 0.5) is 5.69 Å². The minimum Gasteiger partial charge on any atom is -0.389 e. The number of pyridine rings is 1. The molecule has 1 saturated heterocycles. The molecule has 5 rings (SSSR count). The third kappa shape index (κ3) is 4.25. The van der Waals surface area contributed by atoms with Crippen molar-refractivity contribution in [2.45, 2.75) is 70.1 Å². The van der Waals surface area contributed by atoms with Crippen molar-refractivity contribution < 1.29 is 18.0 Å². The van der Waals surface area contributed by atoms with Gasteiger partial charge in [-0.15, -0.1) is 0 Å². The van der Waals surface area contributed by atoms with Gasteiger partial charge in [0, 0.05) is 43.7 Å². The van der Waals surface area contributed by atoms with Crippen molar-refractivity contribution in [1.29, 1.82) is 0 Å². The van der Waals surface area contributed by atoms with Gasteiger partial charge in [0.15, 0.2) is 5.65 Å². The van der Waals surface area contributed by atoms with Gasteiger partial charge in [-0.3, -0.25) is 4.79 Å². The number of rotatable bonds is 5. The number of fused-ring (bicyclic) bond motifs is 1. The van der Waals surface area contributed by atoms with Crippen LogP contribution in [-0.4, -0.2) is 65.0 Å². The summed E-state index contributed by atoms with van der Waals surface area (Å²) in [7, 11) is -1.27. The molecule has 0 bridgehead atoms. The van der Waals surface area contributed by atoms with E-state index in [1.165, 1.54) is 0 Å². The zero-order valence-electron chi connectivity index (χ0n) is 19.7. The van der Waals surface area contributed by atoms with Crippen molar-refractivity contribution >= 4 is 38.2 Å². The van der Waals surface area contributed by atoms with E-state index in [0.29, 0.717) is 25.8 Å². The van der Waals surface area contributed by atoms with Crippen molar-refractivity contribution in [1.82, 2.24) is 20.1 Å². The second kappa shape index (κ2) is 8.83. The lowest BCUT2D eigenvalue weighted by atomic mass is 9.75. The highest BCUT2D eigenvalue weighted by molar-refractivity contribution is 7.91. The first-order valence-electron chi connectivity index (χ1n) is 12.1. The number of sulfone groups is 1. The number of aryl methyl sites for hydroxylation is 1. The molecular formula is C23H32N6O4S. The predicted molar refractivity (Wildman–Crippen MR) is 129 cm³/mol. The van der Waals surface area contributed by atoms with Crippen LogP contribution >= 0.6 is 0 Å². The molecule has 2 fully saturated rings. The molecule has 1 saturated carbocycles. The van der Waals surface area contributed by atoms with Crippen molar-refractivity contribution in [2.75, 3.05) is 23.9 Å². The number of hydrogen-bond acceptors (Lipinski definition) is 8. The fraction of sp³-hybridized carbons (Fsp3) is 0.652. The maximum Gasteiger partial charge on any atom is 0.222 e. The molecule has 1 amide bonds. The van der Waals surface area contributed by atoms with Crippen molar-refractivity contribution in [3.05, 3.63) is 18.0 Å². The first kappa shape index (κ1) is 23.1. The number of carbonyl (C=O) groups is 1. The van der Waals surface area contributed by atoms with E-state index in [2.05, 4.69) is 25.9 Å². The lowest BCUT2D eigenvalue weighted by Gasteiger charge is -2.34. The summed E-state index contributed by atoms with van der Waals surface area (Å²) in [6, 6.07) is 0.0535. The Bertz CT molecular complexity index is 1220. The number of hydrogen-bond donors (Lipinski definition) is 2. The molecule has 2 aromatic heterocycles. The molecule has 2 aromatic rings. The molecule has 0 aromatic carbocycles. The Morgan fingerprint density at radius 1 is 1.21 bits per heavy atom. The lowest BCUT2D eigenvalue weighted by molar-refractivity contribution is -0.128. The average Bonchev–Trinajstić information content (AvgIpc) is 3.45. The molecule has 3 aliphatic rings. The van der Waals surface area contributed by atoms with E-state index in [4.69, 9.17) is 4.84 Å². The zero-order chi connectivity index (χ0) is 23.9. The number of nitrogens with zero attached hydrogens (tertiary/aromatic N) is 4. The van der Waals surface area contributed by atoms with Gasteiger partial charge in [-0.2, -0.15) is 5.10 Å². The van der Waals surface area contributed by atoms with Crippen LogP contribution in [0.5, 0.6) is 0 Å². The van der Waals surface area contributed by atoms with E-state index in [0.717, 1.165) is 53.7 Å². The van der Waals surface area contributed by atoms with Gasteiger partial charge in [-0.25, -0.2) is 18.1 Å². The van der Waals surface area contributed by atoms with Gasteiger partial charge in [-0.05, 0) is 45.4 Å². The Morgan fingerprint density at radius 2 is 1.94 bits per heavy atom. The highest BCUT2D eigenvalue weighted by atomic mass is 32.2. The fourth-order valence-electron chi connectivity index (χ4n) is 5.42. The highest BCUT2D eigenvalue weighted by Gasteiger charge is 2.44. The van der Waals surface area contributed by atoms with Gasteiger partial charge in [0.1, 0.15) is 15.4 Å². The van der Waals surface area contributed by atoms with Gasteiger partial charge in [0.2, 0.25) is 5.91 Å². The molecule has 184 valence electrons. The van der Waals surface area contributed by atoms with Crippen molar-refractivity contribution in [3.8, 4) is 0 Å². The monoisotopic (exact) mass is 488 g/mol. The zero-order valence-corrected chi connectivity index (χ0v) is 20.5. The van der Waals surface area contributed by atoms with Gasteiger partial charge < -0.3 is 15.5 Å². The standard InChI is InChI=1S/C23H32N6O4S/c1-3-29-21-18(14-26-29)20(27-16-6-10-34(31,32)11-7-16)17(13-25-21)19-12-23(33-28-19)8-4-15(5-9-23)22(30)24-2/h13-16H,3-12H2,1-2H3,(H,24,30)(H,25,27). The van der Waals surface area contributed by atoms with E-state index in [-0.39, 0.29) is 35.0 Å². The minimum atomic E-state index is -2.95. The van der Waals surface area contributed by atoms with Crippen molar-refractivity contribution in [2.24, 2.45) is 11.1 Å². The number of aromatic nitrogens is 3. The quantitative estimate of drug-likeness (QED) is 0.661. The molecule has 34 heavy (non-hydrogen) atoms. The summed E-state index contributed by atoms with van der Waals surface area (Å²) in [4.78, 5) is 22.7. The third-order valence-electron chi connectivity index (χ3n) is 7.53. The molecular weight excluding hydrogens is 456 g/mol. The lowest BCUT2D eigenvalue weighted by Crippen LogP contribution is -2.39. The fourth-order valence-corrected chi connectivity index (χ4v) is 6.91. The van der Waals surface area contributed by atoms with Gasteiger partial charge in [0.25, 0.3) is 0 Å². The Balaban J connectivity index is 1.41. The normalized spacial score (nSPS) is 22.5. The molecule has 2 N–H and O–H groups in total. The molecule has 11 heteroatoms. The van der Waals surface area contributed by atoms with Crippen LogP contribution in [0.3, 0.4) is 0 Å². The number of nitrogens with one attached hydrogen (secondary N) is 2. The van der Waals surface area contributed by atoms with E-state index in [1.54, 1.807) is 7.05 Å². The maximum absolute atomic E-state index is 12.0. The molecule has 1 spiro atoms. The van der Waals surface area contributed by atoms with Crippen LogP contribution in [0.15, 0.2) is 17.5 Å². The molecule has 0 radical (unpaired) electrons.